The van der Waals surface area contributed by atoms with E-state index in [0.29, 0.717) is 5.02 Å². The summed E-state index contributed by atoms with van der Waals surface area (Å²) in [5, 5.41) is 5.60. The molecule has 5 heteroatoms. The van der Waals surface area contributed by atoms with E-state index in [-0.39, 0.29) is 0 Å². The maximum atomic E-state index is 6.40. The molecule has 0 aliphatic rings. The van der Waals surface area contributed by atoms with Gasteiger partial charge in [0.15, 0.2) is 0 Å². The highest BCUT2D eigenvalue weighted by atomic mass is 35.5. The Hall–Kier alpha value is -3.24. The third-order valence-corrected chi connectivity index (χ3v) is 5.25. The van der Waals surface area contributed by atoms with E-state index < -0.39 is 0 Å². The van der Waals surface area contributed by atoms with Crippen LogP contribution in [0, 0.1) is 6.92 Å². The molecule has 146 valence electrons. The Balaban J connectivity index is 1.91. The zero-order chi connectivity index (χ0) is 20.4. The van der Waals surface area contributed by atoms with Gasteiger partial charge in [0.1, 0.15) is 11.5 Å². The summed E-state index contributed by atoms with van der Waals surface area (Å²) in [6, 6.07) is 23.8. The lowest BCUT2D eigenvalue weighted by Crippen LogP contribution is -2.00. The second-order valence-corrected chi connectivity index (χ2v) is 7.13. The zero-order valence-electron chi connectivity index (χ0n) is 16.5. The standard InChI is InChI=1S/C24H21ClN2O2/c1-16-10-11-19(14-22(16)25)27-24(18-7-5-9-21(13-18)29-3)15-23(26-27)17-6-4-8-20(12-17)28-2/h4-15H,1-3H3. The van der Waals surface area contributed by atoms with Crippen molar-refractivity contribution in [3.8, 4) is 39.7 Å². The molecule has 3 aromatic carbocycles. The van der Waals surface area contributed by atoms with Crippen molar-refractivity contribution >= 4 is 11.6 Å². The summed E-state index contributed by atoms with van der Waals surface area (Å²) < 4.78 is 12.7. The number of aromatic nitrogens is 2. The maximum Gasteiger partial charge on any atom is 0.119 e. The fourth-order valence-electron chi connectivity index (χ4n) is 3.20. The summed E-state index contributed by atoms with van der Waals surface area (Å²) in [5.74, 6) is 1.58. The Kier molecular flexibility index (Phi) is 5.28. The van der Waals surface area contributed by atoms with Crippen molar-refractivity contribution in [1.29, 1.82) is 0 Å². The quantitative estimate of drug-likeness (QED) is 0.398. The molecule has 0 aliphatic heterocycles. The van der Waals surface area contributed by atoms with E-state index in [1.165, 1.54) is 0 Å². The van der Waals surface area contributed by atoms with Gasteiger partial charge in [-0.15, -0.1) is 0 Å². The Bertz CT molecular complexity index is 1170. The first-order chi connectivity index (χ1) is 14.1. The molecule has 4 rings (SSSR count). The second kappa shape index (κ2) is 8.02. The Morgan fingerprint density at radius 3 is 2.10 bits per heavy atom. The minimum absolute atomic E-state index is 0.706. The molecule has 0 saturated heterocycles. The number of aryl methyl sites for hydroxylation is 1. The molecule has 0 saturated carbocycles. The average Bonchev–Trinajstić information content (AvgIpc) is 3.21. The van der Waals surface area contributed by atoms with Crippen LogP contribution in [0.4, 0.5) is 0 Å². The van der Waals surface area contributed by atoms with Crippen LogP contribution < -0.4 is 9.47 Å². The van der Waals surface area contributed by atoms with Gasteiger partial charge >= 0.3 is 0 Å². The molecular formula is C24H21ClN2O2. The predicted molar refractivity (Wildman–Crippen MR) is 117 cm³/mol. The van der Waals surface area contributed by atoms with Crippen molar-refractivity contribution in [2.24, 2.45) is 0 Å². The van der Waals surface area contributed by atoms with Crippen LogP contribution in [0.3, 0.4) is 0 Å². The number of halogens is 1. The molecule has 29 heavy (non-hydrogen) atoms. The Morgan fingerprint density at radius 1 is 0.793 bits per heavy atom. The van der Waals surface area contributed by atoms with E-state index >= 15 is 0 Å². The fourth-order valence-corrected chi connectivity index (χ4v) is 3.38. The maximum absolute atomic E-state index is 6.40. The van der Waals surface area contributed by atoms with Crippen LogP contribution in [0.1, 0.15) is 5.56 Å². The minimum Gasteiger partial charge on any atom is -0.497 e. The smallest absolute Gasteiger partial charge is 0.119 e. The minimum atomic E-state index is 0.706. The SMILES string of the molecule is COc1cccc(-c2cc(-c3cccc(OC)c3)n(-c3ccc(C)c(Cl)c3)n2)c1. The highest BCUT2D eigenvalue weighted by Gasteiger charge is 2.15. The van der Waals surface area contributed by atoms with Gasteiger partial charge in [-0.1, -0.05) is 41.9 Å². The van der Waals surface area contributed by atoms with Gasteiger partial charge in [-0.25, -0.2) is 4.68 Å². The first-order valence-corrected chi connectivity index (χ1v) is 9.62. The van der Waals surface area contributed by atoms with Crippen molar-refractivity contribution < 1.29 is 9.47 Å². The van der Waals surface area contributed by atoms with Crippen molar-refractivity contribution in [1.82, 2.24) is 9.78 Å². The van der Waals surface area contributed by atoms with E-state index in [0.717, 1.165) is 45.3 Å². The predicted octanol–water partition coefficient (Wildman–Crippen LogP) is 6.19. The van der Waals surface area contributed by atoms with Gasteiger partial charge in [0.2, 0.25) is 0 Å². The molecule has 1 heterocycles. The third kappa shape index (κ3) is 3.84. The van der Waals surface area contributed by atoms with E-state index in [1.807, 2.05) is 78.3 Å². The summed E-state index contributed by atoms with van der Waals surface area (Å²) in [7, 11) is 3.32. The number of benzene rings is 3. The van der Waals surface area contributed by atoms with Gasteiger partial charge in [-0.2, -0.15) is 5.10 Å². The summed E-state index contributed by atoms with van der Waals surface area (Å²) in [6.45, 7) is 1.99. The first-order valence-electron chi connectivity index (χ1n) is 9.24. The van der Waals surface area contributed by atoms with Crippen LogP contribution in [0.25, 0.3) is 28.2 Å². The van der Waals surface area contributed by atoms with Gasteiger partial charge in [-0.3, -0.25) is 0 Å². The lowest BCUT2D eigenvalue weighted by molar-refractivity contribution is 0.415. The van der Waals surface area contributed by atoms with Gasteiger partial charge < -0.3 is 9.47 Å². The number of nitrogens with zero attached hydrogens (tertiary/aromatic N) is 2. The average molecular weight is 405 g/mol. The van der Waals surface area contributed by atoms with E-state index in [4.69, 9.17) is 26.2 Å². The number of hydrogen-bond donors (Lipinski definition) is 0. The van der Waals surface area contributed by atoms with Crippen molar-refractivity contribution in [2.75, 3.05) is 14.2 Å². The fraction of sp³-hybridized carbons (Fsp3) is 0.125. The molecular weight excluding hydrogens is 384 g/mol. The second-order valence-electron chi connectivity index (χ2n) is 6.72. The van der Waals surface area contributed by atoms with Crippen LogP contribution in [0.15, 0.2) is 72.8 Å². The zero-order valence-corrected chi connectivity index (χ0v) is 17.3. The summed E-state index contributed by atoms with van der Waals surface area (Å²) in [6.07, 6.45) is 0. The van der Waals surface area contributed by atoms with Gasteiger partial charge in [0, 0.05) is 16.1 Å². The molecule has 4 aromatic rings. The molecule has 0 bridgehead atoms. The van der Waals surface area contributed by atoms with Crippen LogP contribution >= 0.6 is 11.6 Å². The van der Waals surface area contributed by atoms with Crippen molar-refractivity contribution in [3.63, 3.8) is 0 Å². The highest BCUT2D eigenvalue weighted by Crippen LogP contribution is 2.32. The van der Waals surface area contributed by atoms with E-state index in [2.05, 4.69) is 6.07 Å². The van der Waals surface area contributed by atoms with Crippen molar-refractivity contribution in [2.45, 2.75) is 6.92 Å². The topological polar surface area (TPSA) is 36.3 Å². The number of ether oxygens (including phenoxy) is 2. The summed E-state index contributed by atoms with van der Waals surface area (Å²) >= 11 is 6.40. The summed E-state index contributed by atoms with van der Waals surface area (Å²) in [4.78, 5) is 0. The molecule has 0 amide bonds. The van der Waals surface area contributed by atoms with Crippen LogP contribution in [0.2, 0.25) is 5.02 Å². The van der Waals surface area contributed by atoms with Gasteiger partial charge in [-0.05, 0) is 55.0 Å². The molecule has 0 N–H and O–H groups in total. The molecule has 0 radical (unpaired) electrons. The van der Waals surface area contributed by atoms with Gasteiger partial charge in [0.25, 0.3) is 0 Å². The largest absolute Gasteiger partial charge is 0.497 e. The van der Waals surface area contributed by atoms with Crippen LogP contribution in [-0.4, -0.2) is 24.0 Å². The lowest BCUT2D eigenvalue weighted by Gasteiger charge is -2.10. The normalized spacial score (nSPS) is 10.8. The van der Waals surface area contributed by atoms with E-state index in [1.54, 1.807) is 14.2 Å². The Morgan fingerprint density at radius 2 is 1.45 bits per heavy atom. The van der Waals surface area contributed by atoms with Crippen LogP contribution in [-0.2, 0) is 0 Å². The summed E-state index contributed by atoms with van der Waals surface area (Å²) in [5.41, 5.74) is 5.69. The van der Waals surface area contributed by atoms with Gasteiger partial charge in [0.05, 0.1) is 31.3 Å². The van der Waals surface area contributed by atoms with Crippen LogP contribution in [0.5, 0.6) is 11.5 Å². The monoisotopic (exact) mass is 404 g/mol. The number of rotatable bonds is 5. The van der Waals surface area contributed by atoms with Crippen molar-refractivity contribution in [3.05, 3.63) is 83.4 Å². The molecule has 1 aromatic heterocycles. The third-order valence-electron chi connectivity index (χ3n) is 4.84. The molecule has 0 spiro atoms. The first kappa shape index (κ1) is 19.1. The number of methoxy groups -OCH3 is 2. The molecule has 0 unspecified atom stereocenters. The molecule has 0 atom stereocenters. The lowest BCUT2D eigenvalue weighted by atomic mass is 10.1. The Labute approximate surface area is 175 Å². The number of hydrogen-bond acceptors (Lipinski definition) is 3. The van der Waals surface area contributed by atoms with E-state index in [9.17, 15) is 0 Å². The highest BCUT2D eigenvalue weighted by molar-refractivity contribution is 6.31. The molecule has 0 fully saturated rings. The molecule has 4 nitrogen and oxygen atoms in total. The molecule has 0 aliphatic carbocycles.